The van der Waals surface area contributed by atoms with Crippen molar-refractivity contribution in [2.45, 2.75) is 170 Å². The number of allylic oxidation sites excluding steroid dienone is 12. The van der Waals surface area contributed by atoms with E-state index in [0.717, 1.165) is 87.9 Å². The minimum Gasteiger partial charge on any atom is -0.664 e. The van der Waals surface area contributed by atoms with Crippen LogP contribution in [0.1, 0.15) is 164 Å². The van der Waals surface area contributed by atoms with Crippen LogP contribution in [0.3, 0.4) is 0 Å². The first-order valence-electron chi connectivity index (χ1n) is 26.6. The molecule has 0 amide bonds. The molecule has 2 fully saturated rings. The zero-order valence-electron chi connectivity index (χ0n) is 44.9. The van der Waals surface area contributed by atoms with E-state index in [1.165, 1.54) is 68.9 Å². The van der Waals surface area contributed by atoms with Crippen molar-refractivity contribution in [1.29, 1.82) is 0 Å². The Balaban J connectivity index is 0.00000963. The van der Waals surface area contributed by atoms with Crippen LogP contribution >= 0.6 is 7.82 Å². The van der Waals surface area contributed by atoms with Crippen LogP contribution in [0.4, 0.5) is 0 Å². The minimum absolute atomic E-state index is 0. The number of hydrogen-bond acceptors (Lipinski definition) is 10. The third-order valence-corrected chi connectivity index (χ3v) is 15.7. The van der Waals surface area contributed by atoms with Crippen LogP contribution in [-0.4, -0.2) is 92.1 Å². The van der Waals surface area contributed by atoms with Gasteiger partial charge in [0.25, 0.3) is 0 Å². The van der Waals surface area contributed by atoms with Gasteiger partial charge in [-0.1, -0.05) is 104 Å². The molecule has 14 nitrogen and oxygen atoms in total. The number of carbonyl (C=O) groups excluding carboxylic acids is 3. The molecule has 0 spiro atoms. The summed E-state index contributed by atoms with van der Waals surface area (Å²) >= 11 is 0. The van der Waals surface area contributed by atoms with Gasteiger partial charge in [-0.25, -0.2) is 14.5 Å². The molecular weight excluding hydrogens is 977 g/mol. The third-order valence-electron chi connectivity index (χ3n) is 14.8. The van der Waals surface area contributed by atoms with Crippen LogP contribution in [0.2, 0.25) is 0 Å². The maximum atomic E-state index is 13.9. The van der Waals surface area contributed by atoms with Crippen LogP contribution in [0.15, 0.2) is 101 Å². The molecule has 1 saturated carbocycles. The van der Waals surface area contributed by atoms with Crippen molar-refractivity contribution in [2.75, 3.05) is 47.5 Å². The van der Waals surface area contributed by atoms with E-state index in [4.69, 9.17) is 33.8 Å². The van der Waals surface area contributed by atoms with E-state index in [1.54, 1.807) is 0 Å². The van der Waals surface area contributed by atoms with Crippen LogP contribution in [0.5, 0.6) is 0 Å². The maximum Gasteiger partial charge on any atom is 0.472 e. The number of ether oxygens (including phenoxy) is 2. The number of rotatable bonds is 28. The van der Waals surface area contributed by atoms with Crippen molar-refractivity contribution in [3.8, 4) is 0 Å². The fraction of sp³-hybridized carbons (Fsp3) is 0.625. The first-order chi connectivity index (χ1) is 33.8. The first-order valence-corrected chi connectivity index (χ1v) is 28.1. The van der Waals surface area contributed by atoms with E-state index in [0.29, 0.717) is 35.2 Å². The predicted octanol–water partition coefficient (Wildman–Crippen LogP) is 11.1. The number of nitrogens with zero attached hydrogens (tertiary/aromatic N) is 4. The van der Waals surface area contributed by atoms with Crippen molar-refractivity contribution in [3.63, 3.8) is 0 Å². The van der Waals surface area contributed by atoms with Gasteiger partial charge in [0.1, 0.15) is 31.2 Å². The van der Waals surface area contributed by atoms with Gasteiger partial charge in [-0.15, -0.1) is 0 Å². The number of esters is 2. The van der Waals surface area contributed by atoms with Crippen LogP contribution < -0.4 is 5.32 Å². The van der Waals surface area contributed by atoms with Crippen molar-refractivity contribution in [2.24, 2.45) is 21.8 Å². The number of hydrogen-bond donors (Lipinski definition) is 2. The second kappa shape index (κ2) is 27.1. The maximum absolute atomic E-state index is 13.9. The molecule has 0 aromatic heterocycles. The normalized spacial score (nSPS) is 20.9. The van der Waals surface area contributed by atoms with Crippen molar-refractivity contribution in [3.05, 3.63) is 96.7 Å². The number of carbonyl (C=O) groups is 3. The number of aliphatic imine (C=N–C) groups is 2. The van der Waals surface area contributed by atoms with Gasteiger partial charge in [-0.05, 0) is 81.1 Å². The summed E-state index contributed by atoms with van der Waals surface area (Å²) in [6.07, 6.45) is 22.1. The molecule has 3 N–H and O–H groups in total. The van der Waals surface area contributed by atoms with Crippen LogP contribution in [0, 0.1) is 11.8 Å². The molecule has 0 aromatic carbocycles. The molecule has 4 unspecified atom stereocenters. The Hall–Kier alpha value is -3.79. The molecule has 1 radical (unpaired) electrons. The van der Waals surface area contributed by atoms with Gasteiger partial charge in [0.05, 0.1) is 50.6 Å². The molecule has 0 aromatic rings. The largest absolute Gasteiger partial charge is 0.664 e. The summed E-state index contributed by atoms with van der Waals surface area (Å²) in [4.78, 5) is 61.5. The van der Waals surface area contributed by atoms with E-state index in [2.05, 4.69) is 59.0 Å². The average Bonchev–Trinajstić information content (AvgIpc) is 4.07. The number of nitrogens with two attached hydrogens (primary N) is 1. The number of fused-ring (bicyclic) bond motifs is 6. The standard InChI is InChI=1S/C56H82N5O9P.Co/c1-11-13-14-15-16-17-18-19-20-21-22-23-24-25-52(63)67-34-41(35-69-71(65,66)68-29-28-61(8,9)10)70-53(64)27-26-43-39(6)48-32-46-37(4)36(3)45(57-46)31-47-38(5)42(12-2)50(58-47)33-49-40(7)54-51(62)30-44(55(43)59-48)56(54)60-49;/h31-33,39,41,43H,11-30,34-35H2,1-10H3,(H2-,57,58,59,60,62,65,66);/p+1. The summed E-state index contributed by atoms with van der Waals surface area (Å²) in [5.74, 6) is -1.47. The Morgan fingerprint density at radius 1 is 0.806 bits per heavy atom. The monoisotopic (exact) mass is 1060 g/mol. The van der Waals surface area contributed by atoms with E-state index >= 15 is 0 Å². The quantitative estimate of drug-likeness (QED) is 0.0334. The molecule has 5 aliphatic heterocycles. The number of phosphoric acid groups is 1. The van der Waals surface area contributed by atoms with Gasteiger partial charge in [-0.2, -0.15) is 11.4 Å². The van der Waals surface area contributed by atoms with Gasteiger partial charge in [0.15, 0.2) is 11.9 Å². The van der Waals surface area contributed by atoms with Crippen LogP contribution in [-0.2, 0) is 54.2 Å². The van der Waals surface area contributed by atoms with Gasteiger partial charge in [0.2, 0.25) is 0 Å². The second-order valence-corrected chi connectivity index (χ2v) is 22.7. The van der Waals surface area contributed by atoms with E-state index in [1.807, 2.05) is 34.1 Å². The average molecular weight is 1060 g/mol. The van der Waals surface area contributed by atoms with Gasteiger partial charge < -0.3 is 24.2 Å². The Labute approximate surface area is 440 Å². The van der Waals surface area contributed by atoms with E-state index < -0.39 is 32.5 Å². The number of likely N-dealkylation sites (N-methyl/N-ethyl adjacent to an activating group) is 1. The number of Topliss-reactive ketones (excluding diaryl/α,β-unsaturated/α-hetero) is 1. The Morgan fingerprint density at radius 3 is 2.07 bits per heavy atom. The Kier molecular flexibility index (Phi) is 22.3. The summed E-state index contributed by atoms with van der Waals surface area (Å²) < 4.78 is 35.5. The second-order valence-electron chi connectivity index (χ2n) is 21.3. The third kappa shape index (κ3) is 15.9. The zero-order chi connectivity index (χ0) is 51.5. The minimum atomic E-state index is -4.53. The molecule has 1 aliphatic carbocycles. The molecule has 6 aliphatic rings. The molecule has 399 valence electrons. The predicted molar refractivity (Wildman–Crippen MR) is 280 cm³/mol. The molecule has 8 bridgehead atoms. The Bertz CT molecular complexity index is 2430. The topological polar surface area (TPSA) is 181 Å². The fourth-order valence-corrected chi connectivity index (χ4v) is 10.9. The fourth-order valence-electron chi connectivity index (χ4n) is 10.1. The molecular formula is C56H83CoN5O9P+. The molecule has 6 rings (SSSR count). The van der Waals surface area contributed by atoms with Gasteiger partial charge >= 0.3 is 19.8 Å². The van der Waals surface area contributed by atoms with Crippen LogP contribution in [0.25, 0.3) is 5.32 Å². The first kappa shape index (κ1) is 59.1. The summed E-state index contributed by atoms with van der Waals surface area (Å²) in [5.41, 5.74) is 13.7. The summed E-state index contributed by atoms with van der Waals surface area (Å²) in [7, 11) is 1.27. The number of quaternary nitrogens is 2. The molecule has 1 saturated heterocycles. The zero-order valence-corrected chi connectivity index (χ0v) is 46.8. The van der Waals surface area contributed by atoms with Crippen molar-refractivity contribution >= 4 is 37.0 Å². The molecule has 72 heavy (non-hydrogen) atoms. The van der Waals surface area contributed by atoms with E-state index in [9.17, 15) is 23.8 Å². The molecule has 4 atom stereocenters. The SMILES string of the molecule is CCCCCCCCCCCCCCCC(=O)OCC(COP(=O)(O)OCC[N+](C)(C)C)OC(=O)CCC1C2=C3CC(=O)C4=C(C)C(=CC5=C(CC)C(C)=C(C=C6N=C(C=C([N-]2)C1C)C(C)=C6C)[NH2+]5)N=C34.[Co]. The Morgan fingerprint density at radius 2 is 1.43 bits per heavy atom. The summed E-state index contributed by atoms with van der Waals surface area (Å²) in [5, 5.41) is 7.45. The number of phosphoric ester groups is 1. The van der Waals surface area contributed by atoms with Gasteiger partial charge in [-0.3, -0.25) is 28.7 Å². The van der Waals surface area contributed by atoms with E-state index in [-0.39, 0.29) is 66.9 Å². The van der Waals surface area contributed by atoms with Crippen molar-refractivity contribution < 1.29 is 68.9 Å². The van der Waals surface area contributed by atoms with Crippen molar-refractivity contribution in [1.82, 2.24) is 0 Å². The smallest absolute Gasteiger partial charge is 0.472 e. The molecule has 5 heterocycles. The number of unbranched alkanes of at least 4 members (excludes halogenated alkanes) is 12. The van der Waals surface area contributed by atoms with Gasteiger partial charge in [0, 0.05) is 64.9 Å². The number of ketones is 1. The summed E-state index contributed by atoms with van der Waals surface area (Å²) in [6, 6.07) is 0. The summed E-state index contributed by atoms with van der Waals surface area (Å²) in [6.45, 7) is 14.3. The molecule has 16 heteroatoms.